The molecule has 26 heavy (non-hydrogen) atoms. The maximum atomic E-state index is 14.4. The number of rotatable bonds is 5. The maximum Gasteiger partial charge on any atom is 0.323 e. The van der Waals surface area contributed by atoms with Crippen LogP contribution < -0.4 is 0 Å². The number of hydrogen-bond acceptors (Lipinski definition) is 3. The fourth-order valence-corrected chi connectivity index (χ4v) is 3.63. The van der Waals surface area contributed by atoms with Crippen molar-refractivity contribution in [3.63, 3.8) is 0 Å². The number of aryl methyl sites for hydroxylation is 1. The summed E-state index contributed by atoms with van der Waals surface area (Å²) >= 11 is 0. The summed E-state index contributed by atoms with van der Waals surface area (Å²) in [4.78, 5) is 25.6. The second kappa shape index (κ2) is 6.23. The van der Waals surface area contributed by atoms with Crippen molar-refractivity contribution in [2.45, 2.75) is 45.1 Å². The molecule has 0 saturated heterocycles. The van der Waals surface area contributed by atoms with Gasteiger partial charge in [0, 0.05) is 17.3 Å². The van der Waals surface area contributed by atoms with Gasteiger partial charge in [-0.15, -0.1) is 0 Å². The lowest BCUT2D eigenvalue weighted by molar-refractivity contribution is -0.137. The van der Waals surface area contributed by atoms with E-state index in [0.29, 0.717) is 12.1 Å². The van der Waals surface area contributed by atoms with E-state index in [4.69, 9.17) is 5.11 Å². The molecule has 0 unspecified atom stereocenters. The maximum absolute atomic E-state index is 14.4. The Bertz CT molecular complexity index is 902. The highest BCUT2D eigenvalue weighted by Crippen LogP contribution is 2.32. The fourth-order valence-electron chi connectivity index (χ4n) is 3.63. The highest BCUT2D eigenvalue weighted by atomic mass is 19.1. The molecule has 2 aliphatic rings. The van der Waals surface area contributed by atoms with Crippen LogP contribution in [0, 0.1) is 12.7 Å². The van der Waals surface area contributed by atoms with Crippen LogP contribution in [0.3, 0.4) is 0 Å². The first-order valence-corrected chi connectivity index (χ1v) is 8.85. The van der Waals surface area contributed by atoms with Crippen LogP contribution in [0.2, 0.25) is 0 Å². The highest BCUT2D eigenvalue weighted by Gasteiger charge is 2.38. The van der Waals surface area contributed by atoms with Crippen molar-refractivity contribution in [1.29, 1.82) is 0 Å². The van der Waals surface area contributed by atoms with E-state index in [1.165, 1.54) is 15.6 Å². The van der Waals surface area contributed by atoms with E-state index in [0.717, 1.165) is 42.5 Å². The average Bonchev–Trinajstić information content (AvgIpc) is 3.21. The summed E-state index contributed by atoms with van der Waals surface area (Å²) in [6.45, 7) is 1.55. The Morgan fingerprint density at radius 3 is 2.81 bits per heavy atom. The summed E-state index contributed by atoms with van der Waals surface area (Å²) in [6, 6.07) is 4.77. The smallest absolute Gasteiger partial charge is 0.323 e. The predicted octanol–water partition coefficient (Wildman–Crippen LogP) is 2.50. The number of carboxylic acids is 1. The summed E-state index contributed by atoms with van der Waals surface area (Å²) in [5.41, 5.74) is 3.18. The lowest BCUT2D eigenvalue weighted by atomic mass is 10.1. The fraction of sp³-hybridized carbons (Fsp3) is 0.421. The monoisotopic (exact) mass is 357 g/mol. The van der Waals surface area contributed by atoms with Crippen LogP contribution in [0.1, 0.15) is 46.6 Å². The molecule has 2 aromatic rings. The van der Waals surface area contributed by atoms with Crippen molar-refractivity contribution in [3.05, 3.63) is 46.5 Å². The van der Waals surface area contributed by atoms with E-state index in [1.54, 1.807) is 12.1 Å². The van der Waals surface area contributed by atoms with Gasteiger partial charge >= 0.3 is 5.97 Å². The second-order valence-electron chi connectivity index (χ2n) is 7.05. The number of carboxylic acid groups (broad SMARTS) is 1. The van der Waals surface area contributed by atoms with Crippen molar-refractivity contribution in [2.24, 2.45) is 0 Å². The van der Waals surface area contributed by atoms with Gasteiger partial charge in [0.25, 0.3) is 5.91 Å². The predicted molar refractivity (Wildman–Crippen MR) is 92.0 cm³/mol. The van der Waals surface area contributed by atoms with Gasteiger partial charge in [0.05, 0.1) is 0 Å². The molecular weight excluding hydrogens is 337 g/mol. The number of amides is 1. The van der Waals surface area contributed by atoms with E-state index < -0.39 is 11.8 Å². The molecule has 1 amide bonds. The standard InChI is InChI=1S/C19H20FN3O3/c1-11-5-8-14(20)16(9-11)23-15-4-2-3-13(15)18(21-23)19(26)22(10-17(24)25)12-6-7-12/h5,8-9,12H,2-4,6-7,10H2,1H3,(H,24,25). The summed E-state index contributed by atoms with van der Waals surface area (Å²) in [7, 11) is 0. The minimum absolute atomic E-state index is 0.0310. The molecule has 1 aromatic carbocycles. The Labute approximate surface area is 150 Å². The van der Waals surface area contributed by atoms with Gasteiger partial charge in [-0.3, -0.25) is 9.59 Å². The highest BCUT2D eigenvalue weighted by molar-refractivity contribution is 5.96. The first kappa shape index (κ1) is 16.8. The van der Waals surface area contributed by atoms with Crippen LogP contribution in [0.25, 0.3) is 5.69 Å². The van der Waals surface area contributed by atoms with Crippen LogP contribution in [0.5, 0.6) is 0 Å². The first-order valence-electron chi connectivity index (χ1n) is 8.85. The minimum atomic E-state index is -1.04. The van der Waals surface area contributed by atoms with Crippen LogP contribution in [0.4, 0.5) is 4.39 Å². The summed E-state index contributed by atoms with van der Waals surface area (Å²) in [6.07, 6.45) is 3.94. The topological polar surface area (TPSA) is 75.4 Å². The van der Waals surface area contributed by atoms with Crippen molar-refractivity contribution < 1.29 is 19.1 Å². The number of carbonyl (C=O) groups is 2. The number of nitrogens with zero attached hydrogens (tertiary/aromatic N) is 3. The molecule has 0 radical (unpaired) electrons. The number of aromatic nitrogens is 2. The van der Waals surface area contributed by atoms with Crippen LogP contribution >= 0.6 is 0 Å². The van der Waals surface area contributed by atoms with Crippen LogP contribution in [0.15, 0.2) is 18.2 Å². The molecule has 1 N–H and O–H groups in total. The zero-order chi connectivity index (χ0) is 18.4. The zero-order valence-corrected chi connectivity index (χ0v) is 14.5. The third-order valence-corrected chi connectivity index (χ3v) is 5.02. The van der Waals surface area contributed by atoms with Gasteiger partial charge < -0.3 is 10.0 Å². The third kappa shape index (κ3) is 2.87. The summed E-state index contributed by atoms with van der Waals surface area (Å²) in [5.74, 6) is -1.79. The molecule has 1 saturated carbocycles. The van der Waals surface area contributed by atoms with Gasteiger partial charge in [-0.25, -0.2) is 9.07 Å². The molecule has 1 aromatic heterocycles. The molecule has 1 heterocycles. The van der Waals surface area contributed by atoms with Gasteiger partial charge in [-0.2, -0.15) is 5.10 Å². The molecule has 4 rings (SSSR count). The van der Waals surface area contributed by atoms with E-state index >= 15 is 0 Å². The number of benzene rings is 1. The van der Waals surface area contributed by atoms with Gasteiger partial charge in [0.1, 0.15) is 18.0 Å². The Hall–Kier alpha value is -2.70. The van der Waals surface area contributed by atoms with E-state index in [1.807, 2.05) is 6.92 Å². The van der Waals surface area contributed by atoms with Gasteiger partial charge in [0.2, 0.25) is 0 Å². The van der Waals surface area contributed by atoms with Gasteiger partial charge in [0.15, 0.2) is 5.69 Å². The molecular formula is C19H20FN3O3. The van der Waals surface area contributed by atoms with Crippen molar-refractivity contribution >= 4 is 11.9 Å². The normalized spacial score (nSPS) is 15.8. The quantitative estimate of drug-likeness (QED) is 0.892. The molecule has 0 aliphatic heterocycles. The molecule has 0 spiro atoms. The average molecular weight is 357 g/mol. The third-order valence-electron chi connectivity index (χ3n) is 5.02. The minimum Gasteiger partial charge on any atom is -0.480 e. The number of fused-ring (bicyclic) bond motifs is 1. The zero-order valence-electron chi connectivity index (χ0n) is 14.5. The molecule has 2 aliphatic carbocycles. The molecule has 0 atom stereocenters. The summed E-state index contributed by atoms with van der Waals surface area (Å²) in [5, 5.41) is 13.6. The SMILES string of the molecule is Cc1ccc(F)c(-n2nc(C(=O)N(CC(=O)O)C3CC3)c3c2CCC3)c1. The molecule has 0 bridgehead atoms. The molecule has 6 nitrogen and oxygen atoms in total. The second-order valence-corrected chi connectivity index (χ2v) is 7.05. The summed E-state index contributed by atoms with van der Waals surface area (Å²) < 4.78 is 15.9. The Morgan fingerprint density at radius 2 is 2.12 bits per heavy atom. The van der Waals surface area contributed by atoms with Crippen molar-refractivity contribution in [3.8, 4) is 5.69 Å². The van der Waals surface area contributed by atoms with Crippen LogP contribution in [-0.4, -0.2) is 44.3 Å². The van der Waals surface area contributed by atoms with E-state index in [-0.39, 0.29) is 24.2 Å². The van der Waals surface area contributed by atoms with Crippen molar-refractivity contribution in [1.82, 2.24) is 14.7 Å². The van der Waals surface area contributed by atoms with Gasteiger partial charge in [-0.05, 0) is 56.7 Å². The number of halogens is 1. The Balaban J connectivity index is 1.77. The lowest BCUT2D eigenvalue weighted by Crippen LogP contribution is -2.38. The number of hydrogen-bond donors (Lipinski definition) is 1. The van der Waals surface area contributed by atoms with Gasteiger partial charge in [-0.1, -0.05) is 6.07 Å². The lowest BCUT2D eigenvalue weighted by Gasteiger charge is -2.19. The Kier molecular flexibility index (Phi) is 4.01. The van der Waals surface area contributed by atoms with Crippen LogP contribution in [-0.2, 0) is 17.6 Å². The first-order chi connectivity index (χ1) is 12.5. The van der Waals surface area contributed by atoms with Crippen molar-refractivity contribution in [2.75, 3.05) is 6.54 Å². The van der Waals surface area contributed by atoms with E-state index in [2.05, 4.69) is 5.10 Å². The largest absolute Gasteiger partial charge is 0.480 e. The Morgan fingerprint density at radius 1 is 1.35 bits per heavy atom. The number of carbonyl (C=O) groups excluding carboxylic acids is 1. The number of aliphatic carboxylic acids is 1. The molecule has 136 valence electrons. The van der Waals surface area contributed by atoms with E-state index in [9.17, 15) is 14.0 Å². The molecule has 7 heteroatoms. The molecule has 1 fully saturated rings.